The fraction of sp³-hybridized carbons (Fsp3) is 0.625. The molecule has 0 saturated carbocycles. The zero-order valence-electron chi connectivity index (χ0n) is 11.4. The van der Waals surface area contributed by atoms with Gasteiger partial charge in [-0.05, 0) is 57.2 Å². The lowest BCUT2D eigenvalue weighted by Crippen LogP contribution is -2.48. The van der Waals surface area contributed by atoms with Crippen LogP contribution in [0.2, 0.25) is 0 Å². The molecule has 1 saturated heterocycles. The first kappa shape index (κ1) is 12.0. The number of fused-ring (bicyclic) bond motifs is 1. The van der Waals surface area contributed by atoms with Gasteiger partial charge in [0.15, 0.2) is 0 Å². The average molecular weight is 244 g/mol. The van der Waals surface area contributed by atoms with Crippen molar-refractivity contribution in [2.24, 2.45) is 0 Å². The summed E-state index contributed by atoms with van der Waals surface area (Å²) in [6, 6.07) is 8.97. The second kappa shape index (κ2) is 4.93. The monoisotopic (exact) mass is 244 g/mol. The van der Waals surface area contributed by atoms with Gasteiger partial charge in [-0.25, -0.2) is 0 Å². The van der Waals surface area contributed by atoms with Crippen LogP contribution in [0.1, 0.15) is 38.2 Å². The third kappa shape index (κ3) is 2.39. The van der Waals surface area contributed by atoms with Crippen molar-refractivity contribution >= 4 is 5.69 Å². The molecule has 2 heteroatoms. The molecule has 0 aliphatic carbocycles. The summed E-state index contributed by atoms with van der Waals surface area (Å²) in [5, 5.41) is 3.69. The van der Waals surface area contributed by atoms with Gasteiger partial charge in [0, 0.05) is 24.3 Å². The van der Waals surface area contributed by atoms with Crippen LogP contribution >= 0.6 is 0 Å². The summed E-state index contributed by atoms with van der Waals surface area (Å²) in [7, 11) is 0. The van der Waals surface area contributed by atoms with E-state index < -0.39 is 0 Å². The van der Waals surface area contributed by atoms with E-state index in [1.807, 2.05) is 0 Å². The molecule has 1 atom stereocenters. The van der Waals surface area contributed by atoms with E-state index in [1.165, 1.54) is 56.4 Å². The Balaban J connectivity index is 1.83. The Morgan fingerprint density at radius 3 is 2.94 bits per heavy atom. The van der Waals surface area contributed by atoms with Crippen LogP contribution in [0.15, 0.2) is 24.3 Å². The van der Waals surface area contributed by atoms with Gasteiger partial charge in [0.1, 0.15) is 0 Å². The maximum Gasteiger partial charge on any atom is 0.0399 e. The summed E-state index contributed by atoms with van der Waals surface area (Å²) in [4.78, 5) is 2.61. The molecule has 2 aliphatic rings. The molecular weight excluding hydrogens is 220 g/mol. The molecule has 2 heterocycles. The Morgan fingerprint density at radius 2 is 2.11 bits per heavy atom. The SMILES string of the molecule is CC1(CN2CCCCc3ccccc32)CCCN1. The van der Waals surface area contributed by atoms with Gasteiger partial charge in [-0.3, -0.25) is 0 Å². The van der Waals surface area contributed by atoms with Crippen LogP contribution in [0.25, 0.3) is 0 Å². The van der Waals surface area contributed by atoms with E-state index in [0.717, 1.165) is 6.54 Å². The molecular formula is C16H24N2. The van der Waals surface area contributed by atoms with Gasteiger partial charge in [-0.2, -0.15) is 0 Å². The van der Waals surface area contributed by atoms with Crippen molar-refractivity contribution in [2.45, 2.75) is 44.6 Å². The summed E-state index contributed by atoms with van der Waals surface area (Å²) in [5.41, 5.74) is 3.33. The second-order valence-electron chi connectivity index (χ2n) is 6.10. The number of benzene rings is 1. The van der Waals surface area contributed by atoms with Gasteiger partial charge >= 0.3 is 0 Å². The molecule has 98 valence electrons. The summed E-state index contributed by atoms with van der Waals surface area (Å²) < 4.78 is 0. The number of para-hydroxylation sites is 1. The van der Waals surface area contributed by atoms with Crippen LogP contribution in [0, 0.1) is 0 Å². The summed E-state index contributed by atoms with van der Waals surface area (Å²) in [6.45, 7) is 5.94. The number of rotatable bonds is 2. The topological polar surface area (TPSA) is 15.3 Å². The van der Waals surface area contributed by atoms with Crippen molar-refractivity contribution in [3.05, 3.63) is 29.8 Å². The predicted molar refractivity (Wildman–Crippen MR) is 77.2 cm³/mol. The van der Waals surface area contributed by atoms with Crippen LogP contribution in [0.3, 0.4) is 0 Å². The fourth-order valence-electron chi connectivity index (χ4n) is 3.45. The van der Waals surface area contributed by atoms with Crippen LogP contribution in [-0.2, 0) is 6.42 Å². The molecule has 18 heavy (non-hydrogen) atoms. The highest BCUT2D eigenvalue weighted by Crippen LogP contribution is 2.29. The lowest BCUT2D eigenvalue weighted by atomic mass is 9.99. The number of nitrogens with zero attached hydrogens (tertiary/aromatic N) is 1. The first-order valence-electron chi connectivity index (χ1n) is 7.35. The maximum absolute atomic E-state index is 3.69. The molecule has 0 aromatic heterocycles. The first-order valence-corrected chi connectivity index (χ1v) is 7.35. The minimum absolute atomic E-state index is 0.317. The Hall–Kier alpha value is -1.02. The third-order valence-corrected chi connectivity index (χ3v) is 4.45. The number of anilines is 1. The van der Waals surface area contributed by atoms with Gasteiger partial charge in [0.05, 0.1) is 0 Å². The molecule has 2 aliphatic heterocycles. The van der Waals surface area contributed by atoms with Crippen LogP contribution in [-0.4, -0.2) is 25.2 Å². The number of nitrogens with one attached hydrogen (secondary N) is 1. The third-order valence-electron chi connectivity index (χ3n) is 4.45. The minimum Gasteiger partial charge on any atom is -0.369 e. The Labute approximate surface area is 110 Å². The Morgan fingerprint density at radius 1 is 1.22 bits per heavy atom. The molecule has 3 rings (SSSR count). The van der Waals surface area contributed by atoms with E-state index in [0.29, 0.717) is 5.54 Å². The lowest BCUT2D eigenvalue weighted by Gasteiger charge is -2.34. The van der Waals surface area contributed by atoms with Gasteiger partial charge in [0.25, 0.3) is 0 Å². The largest absolute Gasteiger partial charge is 0.369 e. The van der Waals surface area contributed by atoms with E-state index in [4.69, 9.17) is 0 Å². The average Bonchev–Trinajstić information content (AvgIpc) is 2.70. The van der Waals surface area contributed by atoms with E-state index in [1.54, 1.807) is 0 Å². The van der Waals surface area contributed by atoms with E-state index in [-0.39, 0.29) is 0 Å². The van der Waals surface area contributed by atoms with Crippen LogP contribution < -0.4 is 10.2 Å². The second-order valence-corrected chi connectivity index (χ2v) is 6.10. The minimum atomic E-state index is 0.317. The van der Waals surface area contributed by atoms with E-state index >= 15 is 0 Å². The molecule has 1 N–H and O–H groups in total. The standard InChI is InChI=1S/C16H24N2/c1-16(10-6-11-17-16)13-18-12-5-4-8-14-7-2-3-9-15(14)18/h2-3,7,9,17H,4-6,8,10-13H2,1H3. The molecule has 0 spiro atoms. The molecule has 1 fully saturated rings. The van der Waals surface area contributed by atoms with Crippen molar-refractivity contribution in [3.8, 4) is 0 Å². The maximum atomic E-state index is 3.69. The van der Waals surface area contributed by atoms with E-state index in [2.05, 4.69) is 41.4 Å². The molecule has 1 aromatic carbocycles. The quantitative estimate of drug-likeness (QED) is 0.860. The Kier molecular flexibility index (Phi) is 3.29. The number of hydrogen-bond acceptors (Lipinski definition) is 2. The summed E-state index contributed by atoms with van der Waals surface area (Å²) in [6.07, 6.45) is 6.54. The highest BCUT2D eigenvalue weighted by Gasteiger charge is 2.31. The fourth-order valence-corrected chi connectivity index (χ4v) is 3.45. The van der Waals surface area contributed by atoms with Crippen LogP contribution in [0.4, 0.5) is 5.69 Å². The molecule has 0 amide bonds. The van der Waals surface area contributed by atoms with Crippen molar-refractivity contribution < 1.29 is 0 Å². The molecule has 2 nitrogen and oxygen atoms in total. The normalized spacial score (nSPS) is 27.9. The Bertz CT molecular complexity index is 407. The summed E-state index contributed by atoms with van der Waals surface area (Å²) in [5.74, 6) is 0. The van der Waals surface area contributed by atoms with Gasteiger partial charge < -0.3 is 10.2 Å². The molecule has 1 aromatic rings. The zero-order valence-corrected chi connectivity index (χ0v) is 11.4. The highest BCUT2D eigenvalue weighted by molar-refractivity contribution is 5.54. The van der Waals surface area contributed by atoms with Crippen molar-refractivity contribution in [1.29, 1.82) is 0 Å². The highest BCUT2D eigenvalue weighted by atomic mass is 15.2. The zero-order chi connectivity index (χ0) is 12.4. The van der Waals surface area contributed by atoms with Gasteiger partial charge in [-0.1, -0.05) is 18.2 Å². The van der Waals surface area contributed by atoms with Gasteiger partial charge in [0.2, 0.25) is 0 Å². The van der Waals surface area contributed by atoms with Crippen molar-refractivity contribution in [3.63, 3.8) is 0 Å². The van der Waals surface area contributed by atoms with E-state index in [9.17, 15) is 0 Å². The summed E-state index contributed by atoms with van der Waals surface area (Å²) >= 11 is 0. The van der Waals surface area contributed by atoms with Crippen LogP contribution in [0.5, 0.6) is 0 Å². The van der Waals surface area contributed by atoms with Gasteiger partial charge in [-0.15, -0.1) is 0 Å². The molecule has 1 unspecified atom stereocenters. The van der Waals surface area contributed by atoms with Crippen molar-refractivity contribution in [2.75, 3.05) is 24.5 Å². The predicted octanol–water partition coefficient (Wildman–Crippen LogP) is 2.97. The first-order chi connectivity index (χ1) is 8.77. The number of aryl methyl sites for hydroxylation is 1. The molecule has 0 bridgehead atoms. The number of hydrogen-bond donors (Lipinski definition) is 1. The van der Waals surface area contributed by atoms with Crippen molar-refractivity contribution in [1.82, 2.24) is 5.32 Å². The molecule has 0 radical (unpaired) electrons. The lowest BCUT2D eigenvalue weighted by molar-refractivity contribution is 0.411. The smallest absolute Gasteiger partial charge is 0.0399 e.